The summed E-state index contributed by atoms with van der Waals surface area (Å²) in [7, 11) is -2.01. The van der Waals surface area contributed by atoms with Crippen molar-refractivity contribution in [2.24, 2.45) is 5.92 Å². The number of thiazole rings is 1. The Morgan fingerprint density at radius 3 is 2.62 bits per heavy atom. The summed E-state index contributed by atoms with van der Waals surface area (Å²) in [4.78, 5) is 26.0. The fourth-order valence-corrected chi connectivity index (χ4v) is 8.64. The number of piperazine rings is 1. The molecule has 9 nitrogen and oxygen atoms in total. The molecule has 1 aliphatic carbocycles. The summed E-state index contributed by atoms with van der Waals surface area (Å²) < 4.78 is 33.7. The molecule has 3 aliphatic rings. The number of aromatic nitrogens is 2. The van der Waals surface area contributed by atoms with Crippen LogP contribution in [0.25, 0.3) is 10.3 Å². The molecule has 1 saturated carbocycles. The van der Waals surface area contributed by atoms with E-state index < -0.39 is 10.0 Å². The van der Waals surface area contributed by atoms with Crippen LogP contribution in [0.2, 0.25) is 0 Å². The number of methoxy groups -OCH3 is 1. The molecule has 208 valence electrons. The minimum absolute atomic E-state index is 0.124. The highest BCUT2D eigenvalue weighted by Gasteiger charge is 2.36. The van der Waals surface area contributed by atoms with Crippen LogP contribution in [0.4, 0.5) is 5.13 Å². The number of rotatable bonds is 8. The van der Waals surface area contributed by atoms with Crippen molar-refractivity contribution in [3.8, 4) is 5.88 Å². The number of hydrogen-bond acceptors (Lipinski definition) is 8. The molecule has 6 rings (SSSR count). The van der Waals surface area contributed by atoms with Gasteiger partial charge in [-0.05, 0) is 55.5 Å². The van der Waals surface area contributed by atoms with Gasteiger partial charge in [0.05, 0.1) is 17.9 Å². The molecule has 2 aromatic heterocycles. The van der Waals surface area contributed by atoms with Crippen molar-refractivity contribution in [2.45, 2.75) is 61.8 Å². The van der Waals surface area contributed by atoms with Crippen LogP contribution in [-0.2, 0) is 14.8 Å². The first-order chi connectivity index (χ1) is 18.9. The fraction of sp³-hybridized carbons (Fsp3) is 0.536. The molecule has 39 heavy (non-hydrogen) atoms. The van der Waals surface area contributed by atoms with Crippen LogP contribution in [0, 0.1) is 5.92 Å². The summed E-state index contributed by atoms with van der Waals surface area (Å²) >= 11 is 1.32. The Balaban J connectivity index is 1.21. The minimum atomic E-state index is -3.57. The van der Waals surface area contributed by atoms with Gasteiger partial charge in [-0.2, -0.15) is 4.31 Å². The second-order valence-corrected chi connectivity index (χ2v) is 13.8. The first kappa shape index (κ1) is 26.6. The molecule has 2 atom stereocenters. The Labute approximate surface area is 233 Å². The first-order valence-corrected chi connectivity index (χ1v) is 16.1. The van der Waals surface area contributed by atoms with Crippen LogP contribution in [0.1, 0.15) is 56.4 Å². The number of carbonyl (C=O) groups excluding carboxylic acids is 1. The Morgan fingerprint density at radius 1 is 1.05 bits per heavy atom. The molecule has 4 heterocycles. The lowest BCUT2D eigenvalue weighted by Crippen LogP contribution is -2.51. The van der Waals surface area contributed by atoms with E-state index in [0.717, 1.165) is 50.8 Å². The number of nitrogens with zero attached hydrogens (tertiary/aromatic N) is 4. The van der Waals surface area contributed by atoms with E-state index in [1.807, 2.05) is 18.2 Å². The summed E-state index contributed by atoms with van der Waals surface area (Å²) in [5.74, 6) is 0.471. The Morgan fingerprint density at radius 2 is 1.85 bits per heavy atom. The first-order valence-electron chi connectivity index (χ1n) is 13.9. The third kappa shape index (κ3) is 5.54. The molecule has 2 unspecified atom stereocenters. The van der Waals surface area contributed by atoms with Crippen molar-refractivity contribution in [3.63, 3.8) is 0 Å². The van der Waals surface area contributed by atoms with E-state index in [9.17, 15) is 13.2 Å². The maximum atomic E-state index is 13.6. The third-order valence-corrected chi connectivity index (χ3v) is 11.3. The molecule has 1 N–H and O–H groups in total. The second kappa shape index (κ2) is 11.1. The predicted octanol–water partition coefficient (Wildman–Crippen LogP) is 4.47. The van der Waals surface area contributed by atoms with Gasteiger partial charge in [0, 0.05) is 31.7 Å². The van der Waals surface area contributed by atoms with Crippen LogP contribution in [0.5, 0.6) is 5.88 Å². The number of benzene rings is 1. The Kier molecular flexibility index (Phi) is 7.58. The third-order valence-electron chi connectivity index (χ3n) is 8.50. The summed E-state index contributed by atoms with van der Waals surface area (Å²) in [6.45, 7) is 2.94. The molecule has 3 fully saturated rings. The molecule has 11 heteroatoms. The summed E-state index contributed by atoms with van der Waals surface area (Å²) in [5.41, 5.74) is 1.54. The van der Waals surface area contributed by atoms with Gasteiger partial charge in [-0.1, -0.05) is 49.2 Å². The number of ether oxygens (including phenoxy) is 1. The maximum absolute atomic E-state index is 13.6. The van der Waals surface area contributed by atoms with Gasteiger partial charge in [-0.15, -0.1) is 0 Å². The highest BCUT2D eigenvalue weighted by molar-refractivity contribution is 7.89. The predicted molar refractivity (Wildman–Crippen MR) is 152 cm³/mol. The lowest BCUT2D eigenvalue weighted by atomic mass is 9.87. The van der Waals surface area contributed by atoms with Crippen LogP contribution in [0.3, 0.4) is 0 Å². The van der Waals surface area contributed by atoms with Gasteiger partial charge in [-0.25, -0.2) is 18.4 Å². The molecule has 3 aromatic rings. The van der Waals surface area contributed by atoms with Crippen LogP contribution in [0.15, 0.2) is 41.3 Å². The zero-order valence-corrected chi connectivity index (χ0v) is 23.8. The summed E-state index contributed by atoms with van der Waals surface area (Å²) in [6.07, 6.45) is 7.55. The van der Waals surface area contributed by atoms with E-state index in [4.69, 9.17) is 4.74 Å². The topological polar surface area (TPSA) is 105 Å². The Bertz CT molecular complexity index is 1440. The number of fused-ring (bicyclic) bond motifs is 2. The van der Waals surface area contributed by atoms with Crippen molar-refractivity contribution in [1.82, 2.24) is 19.2 Å². The van der Waals surface area contributed by atoms with E-state index in [1.54, 1.807) is 29.6 Å². The number of amides is 1. The number of pyridine rings is 1. The number of nitrogens with one attached hydrogen (secondary N) is 1. The molecule has 0 bridgehead atoms. The van der Waals surface area contributed by atoms with Gasteiger partial charge >= 0.3 is 0 Å². The lowest BCUT2D eigenvalue weighted by molar-refractivity contribution is -0.118. The zero-order valence-electron chi connectivity index (χ0n) is 22.2. The van der Waals surface area contributed by atoms with Crippen molar-refractivity contribution >= 4 is 42.7 Å². The van der Waals surface area contributed by atoms with Gasteiger partial charge in [-0.3, -0.25) is 9.69 Å². The van der Waals surface area contributed by atoms with Crippen molar-refractivity contribution in [3.05, 3.63) is 42.0 Å². The smallest absolute Gasteiger partial charge is 0.243 e. The number of sulfonamides is 1. The van der Waals surface area contributed by atoms with Crippen molar-refractivity contribution in [1.29, 1.82) is 0 Å². The number of carbonyl (C=O) groups is 1. The molecule has 1 aromatic carbocycles. The van der Waals surface area contributed by atoms with E-state index in [-0.39, 0.29) is 11.8 Å². The monoisotopic (exact) mass is 569 g/mol. The molecule has 2 saturated heterocycles. The second-order valence-electron chi connectivity index (χ2n) is 10.9. The maximum Gasteiger partial charge on any atom is 0.243 e. The average molecular weight is 570 g/mol. The van der Waals surface area contributed by atoms with E-state index in [2.05, 4.69) is 20.2 Å². The van der Waals surface area contributed by atoms with Gasteiger partial charge in [0.2, 0.25) is 21.8 Å². The van der Waals surface area contributed by atoms with E-state index in [0.29, 0.717) is 51.3 Å². The number of anilines is 1. The van der Waals surface area contributed by atoms with Crippen molar-refractivity contribution < 1.29 is 17.9 Å². The molecule has 0 radical (unpaired) electrons. The van der Waals surface area contributed by atoms with Crippen LogP contribution < -0.4 is 10.1 Å². The van der Waals surface area contributed by atoms with E-state index >= 15 is 0 Å². The fourth-order valence-electron chi connectivity index (χ4n) is 6.34. The zero-order chi connectivity index (χ0) is 27.0. The summed E-state index contributed by atoms with van der Waals surface area (Å²) in [5, 5.41) is 3.51. The Hall–Kier alpha value is -2.60. The average Bonchev–Trinajstić information content (AvgIpc) is 3.71. The normalized spacial score (nSPS) is 21.7. The molecule has 1 amide bonds. The van der Waals surface area contributed by atoms with Gasteiger partial charge in [0.1, 0.15) is 10.3 Å². The standard InChI is InChI=1S/C28H35N5O4S2/c1-37-25-13-12-24-27(30-25)38-28(29-24)31-26(34)23(17-19-5-2-3-6-19)20-8-10-22(11-9-20)39(35,36)33-16-15-32-14-4-7-21(32)18-33/h8-13,19,21,23H,2-7,14-18H2,1H3,(H,29,31,34). The summed E-state index contributed by atoms with van der Waals surface area (Å²) in [6, 6.07) is 10.9. The highest BCUT2D eigenvalue weighted by atomic mass is 32.2. The molecular weight excluding hydrogens is 534 g/mol. The van der Waals surface area contributed by atoms with Gasteiger partial charge in [0.15, 0.2) is 5.13 Å². The van der Waals surface area contributed by atoms with Crippen molar-refractivity contribution in [2.75, 3.05) is 38.6 Å². The lowest BCUT2D eigenvalue weighted by Gasteiger charge is -2.36. The minimum Gasteiger partial charge on any atom is -0.481 e. The van der Waals surface area contributed by atoms with Gasteiger partial charge < -0.3 is 10.1 Å². The molecule has 2 aliphatic heterocycles. The van der Waals surface area contributed by atoms with Gasteiger partial charge in [0.25, 0.3) is 0 Å². The molecular formula is C28H35N5O4S2. The SMILES string of the molecule is COc1ccc2nc(NC(=O)C(CC3CCCC3)c3ccc(S(=O)(=O)N4CCN5CCCC5C4)cc3)sc2n1. The quantitative estimate of drug-likeness (QED) is 0.427. The van der Waals surface area contributed by atoms with Crippen LogP contribution >= 0.6 is 11.3 Å². The molecule has 0 spiro atoms. The largest absolute Gasteiger partial charge is 0.481 e. The van der Waals surface area contributed by atoms with Crippen LogP contribution in [-0.4, -0.2) is 72.8 Å². The van der Waals surface area contributed by atoms with E-state index in [1.165, 1.54) is 24.2 Å². The number of hydrogen-bond donors (Lipinski definition) is 1. The highest BCUT2D eigenvalue weighted by Crippen LogP contribution is 2.36.